The number of sulfonamides is 1. The SMILES string of the molecule is Cc1ccc(S(=O)(=O)N(CC(=O)N(Cc2ccccc2Cl)[C@H](C)C(=O)NC2CCCC2)c2cccc(Br)c2)cc1. The highest BCUT2D eigenvalue weighted by atomic mass is 79.9. The first-order chi connectivity index (χ1) is 19.1. The predicted octanol–water partition coefficient (Wildman–Crippen LogP) is 6.08. The van der Waals surface area contributed by atoms with Gasteiger partial charge in [-0.3, -0.25) is 13.9 Å². The van der Waals surface area contributed by atoms with Crippen molar-refractivity contribution in [3.05, 3.63) is 93.4 Å². The van der Waals surface area contributed by atoms with Gasteiger partial charge in [0.15, 0.2) is 0 Å². The molecule has 3 aromatic rings. The van der Waals surface area contributed by atoms with Crippen LogP contribution in [0.3, 0.4) is 0 Å². The van der Waals surface area contributed by atoms with E-state index in [1.165, 1.54) is 17.0 Å². The summed E-state index contributed by atoms with van der Waals surface area (Å²) in [6, 6.07) is 19.6. The highest BCUT2D eigenvalue weighted by Gasteiger charge is 2.33. The van der Waals surface area contributed by atoms with Crippen molar-refractivity contribution < 1.29 is 18.0 Å². The molecule has 3 aromatic carbocycles. The quantitative estimate of drug-likeness (QED) is 0.289. The number of benzene rings is 3. The molecule has 10 heteroatoms. The maximum atomic E-state index is 14.0. The van der Waals surface area contributed by atoms with Gasteiger partial charge < -0.3 is 10.2 Å². The second-order valence-electron chi connectivity index (χ2n) is 10.1. The molecule has 1 saturated carbocycles. The van der Waals surface area contributed by atoms with Gasteiger partial charge in [0, 0.05) is 22.1 Å². The molecule has 1 atom stereocenters. The number of aryl methyl sites for hydroxylation is 1. The van der Waals surface area contributed by atoms with E-state index in [2.05, 4.69) is 21.2 Å². The molecule has 0 radical (unpaired) electrons. The molecule has 0 aliphatic heterocycles. The van der Waals surface area contributed by atoms with Gasteiger partial charge in [-0.25, -0.2) is 8.42 Å². The molecule has 40 heavy (non-hydrogen) atoms. The van der Waals surface area contributed by atoms with E-state index in [-0.39, 0.29) is 23.4 Å². The summed E-state index contributed by atoms with van der Waals surface area (Å²) in [5.74, 6) is -0.799. The van der Waals surface area contributed by atoms with Gasteiger partial charge in [-0.05, 0) is 68.7 Å². The molecule has 0 bridgehead atoms. The largest absolute Gasteiger partial charge is 0.352 e. The molecular weight excluding hydrogens is 614 g/mol. The summed E-state index contributed by atoms with van der Waals surface area (Å²) in [4.78, 5) is 28.8. The lowest BCUT2D eigenvalue weighted by molar-refractivity contribution is -0.139. The smallest absolute Gasteiger partial charge is 0.264 e. The Kier molecular flexibility index (Phi) is 9.92. The summed E-state index contributed by atoms with van der Waals surface area (Å²) in [5, 5.41) is 3.52. The highest BCUT2D eigenvalue weighted by molar-refractivity contribution is 9.10. The van der Waals surface area contributed by atoms with Crippen LogP contribution in [-0.2, 0) is 26.2 Å². The number of carbonyl (C=O) groups excluding carboxylic acids is 2. The lowest BCUT2D eigenvalue weighted by atomic mass is 10.1. The van der Waals surface area contributed by atoms with Gasteiger partial charge in [-0.15, -0.1) is 0 Å². The van der Waals surface area contributed by atoms with Crippen molar-refractivity contribution in [2.75, 3.05) is 10.8 Å². The maximum absolute atomic E-state index is 14.0. The van der Waals surface area contributed by atoms with Gasteiger partial charge in [0.05, 0.1) is 10.6 Å². The minimum Gasteiger partial charge on any atom is -0.352 e. The topological polar surface area (TPSA) is 86.8 Å². The Bertz CT molecular complexity index is 1460. The number of carbonyl (C=O) groups is 2. The van der Waals surface area contributed by atoms with E-state index >= 15 is 0 Å². The van der Waals surface area contributed by atoms with E-state index in [1.54, 1.807) is 61.5 Å². The summed E-state index contributed by atoms with van der Waals surface area (Å²) >= 11 is 9.84. The molecule has 0 heterocycles. The van der Waals surface area contributed by atoms with Crippen molar-refractivity contribution in [2.45, 2.75) is 63.1 Å². The lowest BCUT2D eigenvalue weighted by Gasteiger charge is -2.32. The van der Waals surface area contributed by atoms with Crippen LogP contribution in [0.5, 0.6) is 0 Å². The molecule has 0 spiro atoms. The predicted molar refractivity (Wildman–Crippen MR) is 162 cm³/mol. The molecule has 0 unspecified atom stereocenters. The number of hydrogen-bond donors (Lipinski definition) is 1. The van der Waals surface area contributed by atoms with Gasteiger partial charge in [0.25, 0.3) is 10.0 Å². The lowest BCUT2D eigenvalue weighted by Crippen LogP contribution is -2.52. The molecule has 212 valence electrons. The van der Waals surface area contributed by atoms with E-state index in [9.17, 15) is 18.0 Å². The van der Waals surface area contributed by atoms with Gasteiger partial charge in [-0.1, -0.05) is 82.3 Å². The third-order valence-corrected chi connectivity index (χ3v) is 9.80. The van der Waals surface area contributed by atoms with E-state index in [0.29, 0.717) is 20.7 Å². The molecular formula is C30H33BrClN3O4S. The minimum absolute atomic E-state index is 0.0503. The number of hydrogen-bond acceptors (Lipinski definition) is 4. The molecule has 4 rings (SSSR count). The van der Waals surface area contributed by atoms with Crippen LogP contribution in [0.25, 0.3) is 0 Å². The summed E-state index contributed by atoms with van der Waals surface area (Å²) in [6.45, 7) is 3.08. The Morgan fingerprint density at radius 3 is 2.35 bits per heavy atom. The Hall–Kier alpha value is -2.88. The van der Waals surface area contributed by atoms with E-state index in [0.717, 1.165) is 35.6 Å². The summed E-state index contributed by atoms with van der Waals surface area (Å²) in [6.07, 6.45) is 3.92. The molecule has 0 aromatic heterocycles. The monoisotopic (exact) mass is 645 g/mol. The number of amides is 2. The number of nitrogens with one attached hydrogen (secondary N) is 1. The zero-order valence-electron chi connectivity index (χ0n) is 22.5. The molecule has 1 fully saturated rings. The van der Waals surface area contributed by atoms with Crippen LogP contribution in [0.4, 0.5) is 5.69 Å². The van der Waals surface area contributed by atoms with Crippen LogP contribution >= 0.6 is 27.5 Å². The van der Waals surface area contributed by atoms with Crippen molar-refractivity contribution in [3.8, 4) is 0 Å². The number of anilines is 1. The fourth-order valence-corrected chi connectivity index (χ4v) is 6.77. The number of halogens is 2. The Labute approximate surface area is 249 Å². The second kappa shape index (κ2) is 13.2. The zero-order chi connectivity index (χ0) is 28.9. The van der Waals surface area contributed by atoms with Crippen LogP contribution in [0.15, 0.2) is 82.2 Å². The third kappa shape index (κ3) is 7.25. The summed E-state index contributed by atoms with van der Waals surface area (Å²) in [5.41, 5.74) is 1.90. The molecule has 1 N–H and O–H groups in total. The first kappa shape index (κ1) is 30.1. The van der Waals surface area contributed by atoms with Crippen LogP contribution in [0, 0.1) is 6.92 Å². The molecule has 1 aliphatic rings. The van der Waals surface area contributed by atoms with Gasteiger partial charge >= 0.3 is 0 Å². The van der Waals surface area contributed by atoms with Crippen molar-refractivity contribution >= 4 is 55.1 Å². The second-order valence-corrected chi connectivity index (χ2v) is 13.3. The van der Waals surface area contributed by atoms with Crippen molar-refractivity contribution in [1.29, 1.82) is 0 Å². The van der Waals surface area contributed by atoms with E-state index in [4.69, 9.17) is 11.6 Å². The third-order valence-electron chi connectivity index (χ3n) is 7.15. The Balaban J connectivity index is 1.69. The summed E-state index contributed by atoms with van der Waals surface area (Å²) in [7, 11) is -4.12. The number of rotatable bonds is 10. The maximum Gasteiger partial charge on any atom is 0.264 e. The van der Waals surface area contributed by atoms with Gasteiger partial charge in [0.2, 0.25) is 11.8 Å². The number of nitrogens with zero attached hydrogens (tertiary/aromatic N) is 2. The summed E-state index contributed by atoms with van der Waals surface area (Å²) < 4.78 is 29.6. The minimum atomic E-state index is -4.12. The van der Waals surface area contributed by atoms with Crippen LogP contribution < -0.4 is 9.62 Å². The van der Waals surface area contributed by atoms with Crippen LogP contribution in [0.1, 0.15) is 43.7 Å². The average molecular weight is 647 g/mol. The zero-order valence-corrected chi connectivity index (χ0v) is 25.7. The van der Waals surface area contributed by atoms with Crippen molar-refractivity contribution in [3.63, 3.8) is 0 Å². The average Bonchev–Trinajstić information content (AvgIpc) is 3.44. The van der Waals surface area contributed by atoms with E-state index in [1.807, 2.05) is 13.0 Å². The fourth-order valence-electron chi connectivity index (χ4n) is 4.78. The molecule has 7 nitrogen and oxygen atoms in total. The molecule has 0 saturated heterocycles. The normalized spacial score (nSPS) is 14.5. The van der Waals surface area contributed by atoms with Crippen molar-refractivity contribution in [2.24, 2.45) is 0 Å². The van der Waals surface area contributed by atoms with Gasteiger partial charge in [-0.2, -0.15) is 0 Å². The van der Waals surface area contributed by atoms with E-state index < -0.39 is 28.5 Å². The Morgan fingerprint density at radius 1 is 1.02 bits per heavy atom. The Morgan fingerprint density at radius 2 is 1.70 bits per heavy atom. The fraction of sp³-hybridized carbons (Fsp3) is 0.333. The highest BCUT2D eigenvalue weighted by Crippen LogP contribution is 2.28. The van der Waals surface area contributed by atoms with Gasteiger partial charge in [0.1, 0.15) is 12.6 Å². The standard InChI is InChI=1S/C30H33BrClN3O4S/c1-21-14-16-27(17-15-21)40(38,39)35(26-12-7-9-24(31)18-26)20-29(36)34(19-23-8-3-6-13-28(23)32)22(2)30(37)33-25-10-4-5-11-25/h3,6-9,12-18,22,25H,4-5,10-11,19-20H2,1-2H3,(H,33,37)/t22-/m1/s1. The van der Waals surface area contributed by atoms with Crippen LogP contribution in [-0.4, -0.2) is 43.8 Å². The first-order valence-corrected chi connectivity index (χ1v) is 15.9. The first-order valence-electron chi connectivity index (χ1n) is 13.2. The van der Waals surface area contributed by atoms with Crippen molar-refractivity contribution in [1.82, 2.24) is 10.2 Å². The molecule has 2 amide bonds. The molecule has 1 aliphatic carbocycles. The van der Waals surface area contributed by atoms with Crippen LogP contribution in [0.2, 0.25) is 5.02 Å².